The lowest BCUT2D eigenvalue weighted by atomic mass is 10.1. The Hall–Kier alpha value is -2.38. The van der Waals surface area contributed by atoms with E-state index in [1.807, 2.05) is 0 Å². The third-order valence-corrected chi connectivity index (χ3v) is 4.39. The quantitative estimate of drug-likeness (QED) is 0.670. The van der Waals surface area contributed by atoms with Crippen LogP contribution in [-0.2, 0) is 6.42 Å². The number of aromatic amines is 1. The lowest BCUT2D eigenvalue weighted by Crippen LogP contribution is -2.06. The number of hydrogen-bond acceptors (Lipinski definition) is 4. The number of nitrogens with zero attached hydrogens (tertiary/aromatic N) is 2. The van der Waals surface area contributed by atoms with Crippen molar-refractivity contribution in [3.63, 3.8) is 0 Å². The van der Waals surface area contributed by atoms with Crippen LogP contribution in [0.4, 0.5) is 4.39 Å². The van der Waals surface area contributed by atoms with Crippen LogP contribution >= 0.6 is 23.8 Å². The van der Waals surface area contributed by atoms with E-state index >= 15 is 0 Å². The van der Waals surface area contributed by atoms with Crippen molar-refractivity contribution in [1.29, 1.82) is 0 Å². The van der Waals surface area contributed by atoms with Crippen molar-refractivity contribution in [1.82, 2.24) is 14.8 Å². The summed E-state index contributed by atoms with van der Waals surface area (Å²) in [5.74, 6) is 1.32. The van der Waals surface area contributed by atoms with Crippen LogP contribution in [0.2, 0.25) is 5.02 Å². The van der Waals surface area contributed by atoms with E-state index in [1.54, 1.807) is 49.1 Å². The van der Waals surface area contributed by atoms with E-state index in [4.69, 9.17) is 33.3 Å². The highest BCUT2D eigenvalue weighted by molar-refractivity contribution is 7.71. The van der Waals surface area contributed by atoms with Crippen LogP contribution in [0, 0.1) is 10.6 Å². The molecule has 3 aromatic rings. The van der Waals surface area contributed by atoms with Crippen molar-refractivity contribution in [2.75, 3.05) is 14.2 Å². The molecule has 0 aliphatic rings. The number of methoxy groups -OCH3 is 2. The van der Waals surface area contributed by atoms with Gasteiger partial charge >= 0.3 is 0 Å². The molecular formula is C17H15ClFN3O2S. The lowest BCUT2D eigenvalue weighted by molar-refractivity contribution is 0.393. The van der Waals surface area contributed by atoms with Gasteiger partial charge in [-0.05, 0) is 36.5 Å². The second kappa shape index (κ2) is 7.25. The van der Waals surface area contributed by atoms with Gasteiger partial charge in [0, 0.05) is 23.1 Å². The van der Waals surface area contributed by atoms with Gasteiger partial charge in [-0.15, -0.1) is 0 Å². The summed E-state index contributed by atoms with van der Waals surface area (Å²) in [6, 6.07) is 9.89. The predicted molar refractivity (Wildman–Crippen MR) is 96.1 cm³/mol. The highest BCUT2D eigenvalue weighted by Gasteiger charge is 2.17. The maximum Gasteiger partial charge on any atom is 0.200 e. The number of aromatic nitrogens is 3. The Bertz CT molecular complexity index is 951. The maximum absolute atomic E-state index is 14.1. The van der Waals surface area contributed by atoms with Crippen molar-refractivity contribution in [2.45, 2.75) is 6.42 Å². The molecule has 0 aliphatic carbocycles. The molecule has 1 aromatic heterocycles. The molecule has 1 heterocycles. The van der Waals surface area contributed by atoms with Crippen LogP contribution in [0.3, 0.4) is 0 Å². The summed E-state index contributed by atoms with van der Waals surface area (Å²) in [6.45, 7) is 0. The Morgan fingerprint density at radius 1 is 1.24 bits per heavy atom. The Labute approximate surface area is 154 Å². The predicted octanol–water partition coefficient (Wildman–Crippen LogP) is 4.33. The number of hydrogen-bond donors (Lipinski definition) is 1. The first-order chi connectivity index (χ1) is 12.0. The molecule has 0 aliphatic heterocycles. The summed E-state index contributed by atoms with van der Waals surface area (Å²) in [6.07, 6.45) is 0.174. The van der Waals surface area contributed by atoms with Crippen molar-refractivity contribution >= 4 is 23.8 Å². The third-order valence-electron chi connectivity index (χ3n) is 3.77. The number of ether oxygens (including phenoxy) is 2. The van der Waals surface area contributed by atoms with Gasteiger partial charge in [-0.25, -0.2) is 4.39 Å². The number of rotatable bonds is 5. The van der Waals surface area contributed by atoms with Crippen LogP contribution in [0.25, 0.3) is 5.69 Å². The minimum Gasteiger partial charge on any atom is -0.497 e. The largest absolute Gasteiger partial charge is 0.497 e. The van der Waals surface area contributed by atoms with Crippen LogP contribution in [0.5, 0.6) is 11.5 Å². The second-order valence-corrected chi connectivity index (χ2v) is 5.99. The summed E-state index contributed by atoms with van der Waals surface area (Å²) >= 11 is 11.5. The van der Waals surface area contributed by atoms with Crippen molar-refractivity contribution in [3.05, 3.63) is 63.4 Å². The fourth-order valence-corrected chi connectivity index (χ4v) is 3.00. The smallest absolute Gasteiger partial charge is 0.200 e. The van der Waals surface area contributed by atoms with Gasteiger partial charge < -0.3 is 9.47 Å². The zero-order valence-electron chi connectivity index (χ0n) is 13.5. The molecule has 3 rings (SSSR count). The molecule has 25 heavy (non-hydrogen) atoms. The molecule has 5 nitrogen and oxygen atoms in total. The monoisotopic (exact) mass is 379 g/mol. The molecule has 2 aromatic carbocycles. The summed E-state index contributed by atoms with van der Waals surface area (Å²) in [5.41, 5.74) is 1.02. The zero-order valence-corrected chi connectivity index (χ0v) is 15.1. The summed E-state index contributed by atoms with van der Waals surface area (Å²) in [4.78, 5) is 0. The van der Waals surface area contributed by atoms with Gasteiger partial charge in [-0.2, -0.15) is 5.10 Å². The molecule has 0 saturated heterocycles. The molecule has 0 amide bonds. The number of halogens is 2. The first-order valence-electron chi connectivity index (χ1n) is 7.36. The third kappa shape index (κ3) is 3.38. The molecule has 0 unspecified atom stereocenters. The molecule has 130 valence electrons. The Kier molecular flexibility index (Phi) is 5.06. The topological polar surface area (TPSA) is 52.1 Å². The van der Waals surface area contributed by atoms with Gasteiger partial charge in [-0.1, -0.05) is 17.7 Å². The minimum atomic E-state index is -0.394. The van der Waals surface area contributed by atoms with Gasteiger partial charge in [0.1, 0.15) is 23.1 Å². The molecule has 0 spiro atoms. The average Bonchev–Trinajstić information content (AvgIpc) is 2.98. The number of benzene rings is 2. The van der Waals surface area contributed by atoms with Crippen LogP contribution in [0.1, 0.15) is 11.4 Å². The molecule has 0 fully saturated rings. The van der Waals surface area contributed by atoms with Crippen LogP contribution in [-0.4, -0.2) is 29.0 Å². The summed E-state index contributed by atoms with van der Waals surface area (Å²) in [7, 11) is 3.12. The molecular weight excluding hydrogens is 365 g/mol. The van der Waals surface area contributed by atoms with Crippen LogP contribution in [0.15, 0.2) is 36.4 Å². The number of nitrogens with one attached hydrogen (secondary N) is 1. The fourth-order valence-electron chi connectivity index (χ4n) is 2.53. The normalized spacial score (nSPS) is 10.7. The fraction of sp³-hybridized carbons (Fsp3) is 0.176. The summed E-state index contributed by atoms with van der Waals surface area (Å²) < 4.78 is 26.8. The molecule has 0 radical (unpaired) electrons. The Morgan fingerprint density at radius 3 is 2.72 bits per heavy atom. The first-order valence-corrected chi connectivity index (χ1v) is 8.15. The van der Waals surface area contributed by atoms with Crippen molar-refractivity contribution in [2.24, 2.45) is 0 Å². The lowest BCUT2D eigenvalue weighted by Gasteiger charge is -2.13. The molecule has 0 atom stereocenters. The van der Waals surface area contributed by atoms with Gasteiger partial charge in [-0.3, -0.25) is 9.67 Å². The minimum absolute atomic E-state index is 0.174. The van der Waals surface area contributed by atoms with Gasteiger partial charge in [0.2, 0.25) is 0 Å². The second-order valence-electron chi connectivity index (χ2n) is 5.20. The zero-order chi connectivity index (χ0) is 18.0. The molecule has 0 saturated carbocycles. The highest BCUT2D eigenvalue weighted by Crippen LogP contribution is 2.30. The molecule has 1 N–H and O–H groups in total. The summed E-state index contributed by atoms with van der Waals surface area (Å²) in [5, 5.41) is 7.29. The Balaban J connectivity index is 2.11. The van der Waals surface area contributed by atoms with E-state index in [9.17, 15) is 4.39 Å². The van der Waals surface area contributed by atoms with E-state index in [0.717, 1.165) is 0 Å². The number of H-pyrrole nitrogens is 1. The van der Waals surface area contributed by atoms with Crippen molar-refractivity contribution in [3.8, 4) is 17.2 Å². The molecule has 8 heteroatoms. The van der Waals surface area contributed by atoms with Gasteiger partial charge in [0.15, 0.2) is 4.77 Å². The maximum atomic E-state index is 14.1. The Morgan fingerprint density at radius 2 is 2.04 bits per heavy atom. The van der Waals surface area contributed by atoms with E-state index in [1.165, 1.54) is 6.07 Å². The SMILES string of the molecule is COc1ccc(-n2c(Cc3c(F)cccc3Cl)n[nH]c2=S)c(OC)c1. The van der Waals surface area contributed by atoms with Crippen molar-refractivity contribution < 1.29 is 13.9 Å². The standard InChI is InChI=1S/C17H15ClFN3O2S/c1-23-10-6-7-14(15(8-10)24-2)22-16(20-21-17(22)25)9-11-12(18)4-3-5-13(11)19/h3-8H,9H2,1-2H3,(H,21,25). The molecule has 0 bridgehead atoms. The van der Waals surface area contributed by atoms with Gasteiger partial charge in [0.25, 0.3) is 0 Å². The van der Waals surface area contributed by atoms with Crippen LogP contribution < -0.4 is 9.47 Å². The van der Waals surface area contributed by atoms with E-state index in [-0.39, 0.29) is 6.42 Å². The van der Waals surface area contributed by atoms with E-state index in [0.29, 0.717) is 38.4 Å². The average molecular weight is 380 g/mol. The van der Waals surface area contributed by atoms with E-state index in [2.05, 4.69) is 10.2 Å². The highest BCUT2D eigenvalue weighted by atomic mass is 35.5. The van der Waals surface area contributed by atoms with E-state index < -0.39 is 5.82 Å². The first kappa shape index (κ1) is 17.4. The van der Waals surface area contributed by atoms with Gasteiger partial charge in [0.05, 0.1) is 19.9 Å².